The molecule has 0 aromatic heterocycles. The summed E-state index contributed by atoms with van der Waals surface area (Å²) in [6.07, 6.45) is 5.49. The summed E-state index contributed by atoms with van der Waals surface area (Å²) >= 11 is 0. The van der Waals surface area contributed by atoms with Gasteiger partial charge in [-0.15, -0.1) is 0 Å². The van der Waals surface area contributed by atoms with Crippen LogP contribution in [0, 0.1) is 11.8 Å². The van der Waals surface area contributed by atoms with Crippen molar-refractivity contribution in [2.45, 2.75) is 59.4 Å². The van der Waals surface area contributed by atoms with E-state index in [2.05, 4.69) is 37.9 Å². The van der Waals surface area contributed by atoms with Crippen LogP contribution in [0.25, 0.3) is 0 Å². The third kappa shape index (κ3) is 5.87. The van der Waals surface area contributed by atoms with Gasteiger partial charge in [-0.25, -0.2) is 0 Å². The average molecular weight is 240 g/mol. The molecule has 2 nitrogen and oxygen atoms in total. The molecule has 0 aromatic carbocycles. The van der Waals surface area contributed by atoms with E-state index in [1.165, 1.54) is 45.3 Å². The summed E-state index contributed by atoms with van der Waals surface area (Å²) < 4.78 is 0. The smallest absolute Gasteiger partial charge is 0.0192 e. The first-order valence-corrected chi connectivity index (χ1v) is 7.58. The Bertz CT molecular complexity index is 183. The molecule has 2 heteroatoms. The Morgan fingerprint density at radius 1 is 1.18 bits per heavy atom. The second-order valence-electron chi connectivity index (χ2n) is 6.12. The number of nitrogens with zero attached hydrogens (tertiary/aromatic N) is 1. The van der Waals surface area contributed by atoms with Gasteiger partial charge in [-0.2, -0.15) is 0 Å². The van der Waals surface area contributed by atoms with Crippen molar-refractivity contribution in [3.8, 4) is 0 Å². The van der Waals surface area contributed by atoms with Crippen LogP contribution < -0.4 is 5.32 Å². The molecule has 0 spiro atoms. The van der Waals surface area contributed by atoms with Crippen LogP contribution in [0.4, 0.5) is 0 Å². The number of likely N-dealkylation sites (tertiary alicyclic amines) is 1. The van der Waals surface area contributed by atoms with Crippen LogP contribution in [-0.2, 0) is 0 Å². The molecule has 1 aliphatic heterocycles. The molecule has 0 aromatic rings. The topological polar surface area (TPSA) is 15.3 Å². The van der Waals surface area contributed by atoms with Gasteiger partial charge < -0.3 is 5.32 Å². The monoisotopic (exact) mass is 240 g/mol. The van der Waals surface area contributed by atoms with E-state index in [4.69, 9.17) is 0 Å². The highest BCUT2D eigenvalue weighted by Crippen LogP contribution is 2.21. The lowest BCUT2D eigenvalue weighted by Crippen LogP contribution is -2.44. The molecular formula is C15H32N2. The summed E-state index contributed by atoms with van der Waals surface area (Å²) in [5.41, 5.74) is 0. The van der Waals surface area contributed by atoms with Gasteiger partial charge in [0.05, 0.1) is 0 Å². The quantitative estimate of drug-likeness (QED) is 0.688. The van der Waals surface area contributed by atoms with Crippen LogP contribution >= 0.6 is 0 Å². The molecule has 0 radical (unpaired) electrons. The van der Waals surface area contributed by atoms with Gasteiger partial charge in [-0.1, -0.05) is 27.2 Å². The Morgan fingerprint density at radius 2 is 1.82 bits per heavy atom. The molecule has 1 fully saturated rings. The lowest BCUT2D eigenvalue weighted by Gasteiger charge is -2.36. The van der Waals surface area contributed by atoms with Crippen LogP contribution in [-0.4, -0.2) is 37.1 Å². The largest absolute Gasteiger partial charge is 0.315 e. The summed E-state index contributed by atoms with van der Waals surface area (Å²) in [6, 6.07) is 0.708. The van der Waals surface area contributed by atoms with Crippen molar-refractivity contribution < 1.29 is 0 Å². The minimum atomic E-state index is 0.708. The van der Waals surface area contributed by atoms with Crippen molar-refractivity contribution >= 4 is 0 Å². The third-order valence-corrected chi connectivity index (χ3v) is 4.19. The van der Waals surface area contributed by atoms with E-state index in [-0.39, 0.29) is 0 Å². The molecule has 1 saturated heterocycles. The molecular weight excluding hydrogens is 208 g/mol. The van der Waals surface area contributed by atoms with Gasteiger partial charge in [0.1, 0.15) is 0 Å². The summed E-state index contributed by atoms with van der Waals surface area (Å²) in [5, 5.41) is 3.60. The Kier molecular flexibility index (Phi) is 7.14. The number of nitrogens with one attached hydrogen (secondary N) is 1. The molecule has 1 aliphatic rings. The standard InChI is InChI=1S/C15H32N2/c1-5-15-7-10-17(11-8-15)14(4)12-16-9-6-13(2)3/h13-16H,5-12H2,1-4H3. The fraction of sp³-hybridized carbons (Fsp3) is 1.00. The van der Waals surface area contributed by atoms with E-state index in [1.807, 2.05) is 0 Å². The van der Waals surface area contributed by atoms with Crippen LogP contribution in [0.2, 0.25) is 0 Å². The highest BCUT2D eigenvalue weighted by molar-refractivity contribution is 4.76. The molecule has 0 bridgehead atoms. The Hall–Kier alpha value is -0.0800. The van der Waals surface area contributed by atoms with Crippen LogP contribution in [0.3, 0.4) is 0 Å². The highest BCUT2D eigenvalue weighted by Gasteiger charge is 2.21. The van der Waals surface area contributed by atoms with Crippen LogP contribution in [0.5, 0.6) is 0 Å². The zero-order valence-corrected chi connectivity index (χ0v) is 12.3. The molecule has 0 aliphatic carbocycles. The first-order valence-electron chi connectivity index (χ1n) is 7.58. The maximum absolute atomic E-state index is 3.60. The van der Waals surface area contributed by atoms with Crippen molar-refractivity contribution in [3.63, 3.8) is 0 Å². The number of rotatable bonds is 7. The van der Waals surface area contributed by atoms with Crippen LogP contribution in [0.1, 0.15) is 53.4 Å². The predicted molar refractivity (Wildman–Crippen MR) is 76.4 cm³/mol. The first kappa shape index (κ1) is 15.0. The maximum atomic E-state index is 3.60. The van der Waals surface area contributed by atoms with E-state index in [1.54, 1.807) is 0 Å². The molecule has 1 heterocycles. The van der Waals surface area contributed by atoms with Gasteiger partial charge in [0.2, 0.25) is 0 Å². The molecule has 1 unspecified atom stereocenters. The van der Waals surface area contributed by atoms with E-state index in [0.29, 0.717) is 6.04 Å². The van der Waals surface area contributed by atoms with Crippen molar-refractivity contribution in [3.05, 3.63) is 0 Å². The third-order valence-electron chi connectivity index (χ3n) is 4.19. The second kappa shape index (κ2) is 8.10. The Balaban J connectivity index is 2.09. The van der Waals surface area contributed by atoms with Crippen molar-refractivity contribution in [1.82, 2.24) is 10.2 Å². The molecule has 0 saturated carbocycles. The van der Waals surface area contributed by atoms with Gasteiger partial charge in [-0.05, 0) is 57.7 Å². The van der Waals surface area contributed by atoms with E-state index >= 15 is 0 Å². The van der Waals surface area contributed by atoms with Crippen LogP contribution in [0.15, 0.2) is 0 Å². The number of piperidine rings is 1. The number of hydrogen-bond acceptors (Lipinski definition) is 2. The summed E-state index contributed by atoms with van der Waals surface area (Å²) in [4.78, 5) is 2.66. The first-order chi connectivity index (χ1) is 8.13. The van der Waals surface area contributed by atoms with Gasteiger partial charge in [0, 0.05) is 12.6 Å². The Morgan fingerprint density at radius 3 is 2.35 bits per heavy atom. The van der Waals surface area contributed by atoms with E-state index in [0.717, 1.165) is 18.4 Å². The normalized spacial score (nSPS) is 21.0. The lowest BCUT2D eigenvalue weighted by atomic mass is 9.94. The number of hydrogen-bond donors (Lipinski definition) is 1. The second-order valence-corrected chi connectivity index (χ2v) is 6.12. The molecule has 1 N–H and O–H groups in total. The SMILES string of the molecule is CCC1CCN(C(C)CNCCC(C)C)CC1. The van der Waals surface area contributed by atoms with Crippen molar-refractivity contribution in [2.24, 2.45) is 11.8 Å². The average Bonchev–Trinajstić information content (AvgIpc) is 2.34. The summed E-state index contributed by atoms with van der Waals surface area (Å²) in [5.74, 6) is 1.81. The predicted octanol–water partition coefficient (Wildman–Crippen LogP) is 3.13. The molecule has 1 rings (SSSR count). The van der Waals surface area contributed by atoms with Gasteiger partial charge in [0.15, 0.2) is 0 Å². The highest BCUT2D eigenvalue weighted by atomic mass is 15.2. The van der Waals surface area contributed by atoms with Crippen molar-refractivity contribution in [2.75, 3.05) is 26.2 Å². The maximum Gasteiger partial charge on any atom is 0.0192 e. The van der Waals surface area contributed by atoms with Gasteiger partial charge in [-0.3, -0.25) is 4.90 Å². The fourth-order valence-electron chi connectivity index (χ4n) is 2.63. The van der Waals surface area contributed by atoms with Gasteiger partial charge >= 0.3 is 0 Å². The Labute approximate surface area is 108 Å². The molecule has 17 heavy (non-hydrogen) atoms. The zero-order valence-electron chi connectivity index (χ0n) is 12.3. The minimum absolute atomic E-state index is 0.708. The van der Waals surface area contributed by atoms with E-state index < -0.39 is 0 Å². The van der Waals surface area contributed by atoms with Crippen molar-refractivity contribution in [1.29, 1.82) is 0 Å². The molecule has 1 atom stereocenters. The molecule has 0 amide bonds. The van der Waals surface area contributed by atoms with Gasteiger partial charge in [0.25, 0.3) is 0 Å². The molecule has 102 valence electrons. The van der Waals surface area contributed by atoms with E-state index in [9.17, 15) is 0 Å². The zero-order chi connectivity index (χ0) is 12.7. The fourth-order valence-corrected chi connectivity index (χ4v) is 2.63. The summed E-state index contributed by atoms with van der Waals surface area (Å²) in [7, 11) is 0. The minimum Gasteiger partial charge on any atom is -0.315 e. The summed E-state index contributed by atoms with van der Waals surface area (Å²) in [6.45, 7) is 14.2. The lowest BCUT2D eigenvalue weighted by molar-refractivity contribution is 0.137.